The van der Waals surface area contributed by atoms with E-state index in [1.165, 1.54) is 37.9 Å². The summed E-state index contributed by atoms with van der Waals surface area (Å²) < 4.78 is 0. The molecule has 0 radical (unpaired) electrons. The summed E-state index contributed by atoms with van der Waals surface area (Å²) >= 11 is 1.89. The van der Waals surface area contributed by atoms with Crippen LogP contribution in [0.15, 0.2) is 0 Å². The van der Waals surface area contributed by atoms with E-state index in [1.54, 1.807) is 0 Å². The summed E-state index contributed by atoms with van der Waals surface area (Å²) in [6.45, 7) is 1.07. The Hall–Kier alpha value is 0.270. The smallest absolute Gasteiger partial charge is 0.0175 e. The molecule has 15 heavy (non-hydrogen) atoms. The zero-order valence-corrected chi connectivity index (χ0v) is 11.1. The van der Waals surface area contributed by atoms with E-state index in [1.807, 2.05) is 11.8 Å². The van der Waals surface area contributed by atoms with Crippen molar-refractivity contribution in [2.75, 3.05) is 25.6 Å². The Morgan fingerprint density at radius 2 is 2.00 bits per heavy atom. The molecular weight excluding hydrogens is 204 g/mol. The molecule has 1 unspecified atom stereocenters. The van der Waals surface area contributed by atoms with E-state index in [2.05, 4.69) is 18.2 Å². The van der Waals surface area contributed by atoms with Gasteiger partial charge in [-0.1, -0.05) is 19.3 Å². The minimum atomic E-state index is 0.365. The zero-order valence-electron chi connectivity index (χ0n) is 10.2. The first-order valence-electron chi connectivity index (χ1n) is 6.18. The highest BCUT2D eigenvalue weighted by Gasteiger charge is 2.19. The number of rotatable bonds is 6. The molecule has 2 nitrogen and oxygen atoms in total. The summed E-state index contributed by atoms with van der Waals surface area (Å²) in [5, 5.41) is 0. The van der Waals surface area contributed by atoms with Crippen LogP contribution in [0.2, 0.25) is 0 Å². The van der Waals surface area contributed by atoms with Crippen LogP contribution in [0.25, 0.3) is 0 Å². The lowest BCUT2D eigenvalue weighted by Crippen LogP contribution is -2.42. The maximum absolute atomic E-state index is 6.11. The Kier molecular flexibility index (Phi) is 6.69. The van der Waals surface area contributed by atoms with Gasteiger partial charge in [-0.15, -0.1) is 0 Å². The first-order valence-corrected chi connectivity index (χ1v) is 7.58. The lowest BCUT2D eigenvalue weighted by atomic mass is 9.94. The van der Waals surface area contributed by atoms with Crippen molar-refractivity contribution in [2.45, 2.75) is 50.6 Å². The molecule has 2 N–H and O–H groups in total. The number of nitrogens with two attached hydrogens (primary N) is 1. The molecule has 1 aliphatic rings. The van der Waals surface area contributed by atoms with Gasteiger partial charge in [0.2, 0.25) is 0 Å². The van der Waals surface area contributed by atoms with Crippen molar-refractivity contribution in [3.8, 4) is 0 Å². The molecule has 1 atom stereocenters. The van der Waals surface area contributed by atoms with Crippen LogP contribution in [-0.2, 0) is 0 Å². The monoisotopic (exact) mass is 230 g/mol. The summed E-state index contributed by atoms with van der Waals surface area (Å²) in [5.74, 6) is 1.19. The van der Waals surface area contributed by atoms with E-state index in [9.17, 15) is 0 Å². The van der Waals surface area contributed by atoms with E-state index < -0.39 is 0 Å². The van der Waals surface area contributed by atoms with Crippen LogP contribution in [0, 0.1) is 0 Å². The highest BCUT2D eigenvalue weighted by atomic mass is 32.2. The van der Waals surface area contributed by atoms with Crippen LogP contribution in [0.3, 0.4) is 0 Å². The summed E-state index contributed by atoms with van der Waals surface area (Å²) in [6, 6.07) is 1.17. The van der Waals surface area contributed by atoms with Gasteiger partial charge in [-0.05, 0) is 38.3 Å². The third kappa shape index (κ3) is 5.23. The van der Waals surface area contributed by atoms with Crippen LogP contribution in [0.4, 0.5) is 0 Å². The zero-order chi connectivity index (χ0) is 11.1. The Labute approximate surface area is 99.0 Å². The van der Waals surface area contributed by atoms with Gasteiger partial charge >= 0.3 is 0 Å². The summed E-state index contributed by atoms with van der Waals surface area (Å²) in [6.07, 6.45) is 10.3. The minimum absolute atomic E-state index is 0.365. The highest BCUT2D eigenvalue weighted by molar-refractivity contribution is 7.98. The van der Waals surface area contributed by atoms with Gasteiger partial charge in [0.1, 0.15) is 0 Å². The largest absolute Gasteiger partial charge is 0.327 e. The molecular formula is C12H26N2S. The molecule has 0 heterocycles. The van der Waals surface area contributed by atoms with Gasteiger partial charge < -0.3 is 10.6 Å². The third-order valence-electron chi connectivity index (χ3n) is 3.41. The van der Waals surface area contributed by atoms with Crippen molar-refractivity contribution in [3.63, 3.8) is 0 Å². The lowest BCUT2D eigenvalue weighted by molar-refractivity contribution is 0.181. The molecule has 1 fully saturated rings. The number of nitrogens with zero attached hydrogens (tertiary/aromatic N) is 1. The van der Waals surface area contributed by atoms with E-state index in [0.717, 1.165) is 19.0 Å². The quantitative estimate of drug-likeness (QED) is 0.759. The van der Waals surface area contributed by atoms with Crippen LogP contribution in [0.5, 0.6) is 0 Å². The van der Waals surface area contributed by atoms with Gasteiger partial charge in [0.05, 0.1) is 0 Å². The van der Waals surface area contributed by atoms with Gasteiger partial charge in [0.15, 0.2) is 0 Å². The molecule has 90 valence electrons. The first kappa shape index (κ1) is 13.3. The summed E-state index contributed by atoms with van der Waals surface area (Å²) in [5.41, 5.74) is 6.11. The van der Waals surface area contributed by atoms with Crippen molar-refractivity contribution in [1.82, 2.24) is 4.90 Å². The second kappa shape index (κ2) is 7.53. The standard InChI is InChI=1S/C12H26N2S/c1-14(10-11(13)8-9-15-2)12-6-4-3-5-7-12/h11-12H,3-10,13H2,1-2H3. The van der Waals surface area contributed by atoms with Gasteiger partial charge in [0, 0.05) is 18.6 Å². The molecule has 1 rings (SSSR count). The predicted octanol–water partition coefficient (Wildman–Crippen LogP) is 2.33. The second-order valence-electron chi connectivity index (χ2n) is 4.77. The molecule has 1 aliphatic carbocycles. The second-order valence-corrected chi connectivity index (χ2v) is 5.76. The summed E-state index contributed by atoms with van der Waals surface area (Å²) in [7, 11) is 2.24. The number of hydrogen-bond acceptors (Lipinski definition) is 3. The minimum Gasteiger partial charge on any atom is -0.327 e. The van der Waals surface area contributed by atoms with Gasteiger partial charge in [-0.3, -0.25) is 0 Å². The van der Waals surface area contributed by atoms with Crippen LogP contribution in [-0.4, -0.2) is 42.6 Å². The van der Waals surface area contributed by atoms with Crippen molar-refractivity contribution in [1.29, 1.82) is 0 Å². The molecule has 0 aromatic rings. The molecule has 0 saturated heterocycles. The molecule has 0 spiro atoms. The van der Waals surface area contributed by atoms with Crippen molar-refractivity contribution in [3.05, 3.63) is 0 Å². The molecule has 0 amide bonds. The normalized spacial score (nSPS) is 20.8. The molecule has 0 aromatic heterocycles. The van der Waals surface area contributed by atoms with Crippen LogP contribution in [0.1, 0.15) is 38.5 Å². The predicted molar refractivity (Wildman–Crippen MR) is 70.5 cm³/mol. The Balaban J connectivity index is 2.17. The van der Waals surface area contributed by atoms with Crippen molar-refractivity contribution in [2.24, 2.45) is 5.73 Å². The van der Waals surface area contributed by atoms with Gasteiger partial charge in [-0.25, -0.2) is 0 Å². The van der Waals surface area contributed by atoms with E-state index in [-0.39, 0.29) is 0 Å². The molecule has 3 heteroatoms. The Bertz CT molecular complexity index is 158. The SMILES string of the molecule is CSCCC(N)CN(C)C1CCCCC1. The average molecular weight is 230 g/mol. The number of likely N-dealkylation sites (N-methyl/N-ethyl adjacent to an activating group) is 1. The van der Waals surface area contributed by atoms with E-state index in [0.29, 0.717) is 6.04 Å². The topological polar surface area (TPSA) is 29.3 Å². The van der Waals surface area contributed by atoms with Gasteiger partial charge in [-0.2, -0.15) is 11.8 Å². The fourth-order valence-corrected chi connectivity index (χ4v) is 2.94. The van der Waals surface area contributed by atoms with Crippen molar-refractivity contribution < 1.29 is 0 Å². The molecule has 0 aliphatic heterocycles. The van der Waals surface area contributed by atoms with E-state index in [4.69, 9.17) is 5.73 Å². The highest BCUT2D eigenvalue weighted by Crippen LogP contribution is 2.21. The molecule has 0 aromatic carbocycles. The van der Waals surface area contributed by atoms with Crippen LogP contribution >= 0.6 is 11.8 Å². The summed E-state index contributed by atoms with van der Waals surface area (Å²) in [4.78, 5) is 2.49. The Morgan fingerprint density at radius 3 is 2.60 bits per heavy atom. The third-order valence-corrected chi connectivity index (χ3v) is 4.06. The maximum atomic E-state index is 6.11. The molecule has 1 saturated carbocycles. The number of hydrogen-bond donors (Lipinski definition) is 1. The number of thioether (sulfide) groups is 1. The fraction of sp³-hybridized carbons (Fsp3) is 1.00. The average Bonchev–Trinajstić information content (AvgIpc) is 2.27. The Morgan fingerprint density at radius 1 is 1.33 bits per heavy atom. The van der Waals surface area contributed by atoms with Crippen molar-refractivity contribution >= 4 is 11.8 Å². The molecule has 0 bridgehead atoms. The van der Waals surface area contributed by atoms with E-state index >= 15 is 0 Å². The van der Waals surface area contributed by atoms with Gasteiger partial charge in [0.25, 0.3) is 0 Å². The fourth-order valence-electron chi connectivity index (χ4n) is 2.40. The lowest BCUT2D eigenvalue weighted by Gasteiger charge is -2.32. The first-order chi connectivity index (χ1) is 7.24. The maximum Gasteiger partial charge on any atom is 0.0175 e. The van der Waals surface area contributed by atoms with Crippen LogP contribution < -0.4 is 5.73 Å².